The number of hydrogen-bond donors (Lipinski definition) is 2. The monoisotopic (exact) mass is 255 g/mol. The van der Waals surface area contributed by atoms with Crippen LogP contribution in [0.25, 0.3) is 0 Å². The molecule has 4 heteroatoms. The highest BCUT2D eigenvalue weighted by molar-refractivity contribution is 4.98. The molecule has 1 aliphatic carbocycles. The van der Waals surface area contributed by atoms with Gasteiger partial charge >= 0.3 is 0 Å². The van der Waals surface area contributed by atoms with Gasteiger partial charge in [-0.05, 0) is 51.7 Å². The Morgan fingerprint density at radius 3 is 2.61 bits per heavy atom. The molecule has 1 aliphatic heterocycles. The average molecular weight is 255 g/mol. The molecule has 0 aromatic carbocycles. The number of nitrogens with zero attached hydrogens (tertiary/aromatic N) is 2. The van der Waals surface area contributed by atoms with Gasteiger partial charge in [-0.25, -0.2) is 0 Å². The highest BCUT2D eigenvalue weighted by Gasteiger charge is 2.44. The fourth-order valence-electron chi connectivity index (χ4n) is 3.22. The fourth-order valence-corrected chi connectivity index (χ4v) is 3.22. The topological polar surface area (TPSA) is 52.7 Å². The van der Waals surface area contributed by atoms with Gasteiger partial charge in [-0.15, -0.1) is 0 Å². The molecule has 0 bridgehead atoms. The second-order valence-electron chi connectivity index (χ2n) is 6.23. The summed E-state index contributed by atoms with van der Waals surface area (Å²) in [6.45, 7) is 6.79. The Morgan fingerprint density at radius 2 is 2.06 bits per heavy atom. The van der Waals surface area contributed by atoms with Crippen LogP contribution in [0.2, 0.25) is 0 Å². The second-order valence-corrected chi connectivity index (χ2v) is 6.23. The summed E-state index contributed by atoms with van der Waals surface area (Å²) in [6.07, 6.45) is 4.64. The fraction of sp³-hybridized carbons (Fsp3) is 1.00. The van der Waals surface area contributed by atoms with Crippen molar-refractivity contribution >= 4 is 0 Å². The van der Waals surface area contributed by atoms with Crippen LogP contribution in [0.15, 0.2) is 0 Å². The van der Waals surface area contributed by atoms with Gasteiger partial charge in [0.15, 0.2) is 0 Å². The van der Waals surface area contributed by atoms with Gasteiger partial charge in [0.1, 0.15) is 0 Å². The van der Waals surface area contributed by atoms with Crippen LogP contribution in [0, 0.1) is 5.92 Å². The van der Waals surface area contributed by atoms with Crippen LogP contribution >= 0.6 is 0 Å². The van der Waals surface area contributed by atoms with Gasteiger partial charge in [0.05, 0.1) is 5.60 Å². The van der Waals surface area contributed by atoms with Crippen LogP contribution in [-0.4, -0.2) is 66.3 Å². The van der Waals surface area contributed by atoms with Crippen molar-refractivity contribution in [2.75, 3.05) is 39.8 Å². The third-order valence-corrected chi connectivity index (χ3v) is 4.66. The summed E-state index contributed by atoms with van der Waals surface area (Å²) >= 11 is 0. The maximum absolute atomic E-state index is 10.7. The molecule has 2 unspecified atom stereocenters. The van der Waals surface area contributed by atoms with E-state index in [1.165, 1.54) is 6.42 Å². The Hall–Kier alpha value is -0.160. The predicted molar refractivity (Wildman–Crippen MR) is 74.5 cm³/mol. The van der Waals surface area contributed by atoms with Gasteiger partial charge in [-0.1, -0.05) is 6.92 Å². The van der Waals surface area contributed by atoms with E-state index in [4.69, 9.17) is 5.73 Å². The lowest BCUT2D eigenvalue weighted by Gasteiger charge is -2.37. The van der Waals surface area contributed by atoms with Crippen molar-refractivity contribution in [3.05, 3.63) is 0 Å². The maximum Gasteiger partial charge on any atom is 0.0923 e. The standard InChI is InChI=1S/C14H29N3O/c1-3-13-9-16(2)7-4-8-17(13)11-14(18,10-15)12-5-6-12/h12-13,18H,3-11,15H2,1-2H3. The first-order valence-electron chi connectivity index (χ1n) is 7.44. The third-order valence-electron chi connectivity index (χ3n) is 4.66. The van der Waals surface area contributed by atoms with Gasteiger partial charge in [0, 0.05) is 25.7 Å². The lowest BCUT2D eigenvalue weighted by atomic mass is 9.96. The van der Waals surface area contributed by atoms with Crippen LogP contribution in [-0.2, 0) is 0 Å². The number of hydrogen-bond acceptors (Lipinski definition) is 4. The Morgan fingerprint density at radius 1 is 1.33 bits per heavy atom. The summed E-state index contributed by atoms with van der Waals surface area (Å²) in [7, 11) is 2.20. The normalized spacial score (nSPS) is 31.0. The summed E-state index contributed by atoms with van der Waals surface area (Å²) in [5.41, 5.74) is 5.19. The van der Waals surface area contributed by atoms with E-state index in [2.05, 4.69) is 23.8 Å². The number of likely N-dealkylation sites (N-methyl/N-ethyl adjacent to an activating group) is 1. The van der Waals surface area contributed by atoms with Crippen LogP contribution in [0.3, 0.4) is 0 Å². The van der Waals surface area contributed by atoms with E-state index in [1.54, 1.807) is 0 Å². The molecule has 2 aliphatic rings. The molecule has 3 N–H and O–H groups in total. The molecule has 1 saturated heterocycles. The molecular formula is C14H29N3O. The lowest BCUT2D eigenvalue weighted by Crippen LogP contribution is -2.53. The van der Waals surface area contributed by atoms with Crippen molar-refractivity contribution in [3.63, 3.8) is 0 Å². The zero-order valence-electron chi connectivity index (χ0n) is 11.9. The van der Waals surface area contributed by atoms with Crippen molar-refractivity contribution < 1.29 is 5.11 Å². The van der Waals surface area contributed by atoms with E-state index in [9.17, 15) is 5.11 Å². The first-order chi connectivity index (χ1) is 8.59. The van der Waals surface area contributed by atoms with Crippen molar-refractivity contribution in [1.82, 2.24) is 9.80 Å². The molecule has 1 saturated carbocycles. The zero-order valence-corrected chi connectivity index (χ0v) is 11.9. The number of nitrogens with two attached hydrogens (primary N) is 1. The number of aliphatic hydroxyl groups is 1. The quantitative estimate of drug-likeness (QED) is 0.751. The van der Waals surface area contributed by atoms with Gasteiger partial charge in [0.25, 0.3) is 0 Å². The van der Waals surface area contributed by atoms with Crippen LogP contribution in [0.1, 0.15) is 32.6 Å². The van der Waals surface area contributed by atoms with Gasteiger partial charge in [-0.3, -0.25) is 4.90 Å². The second kappa shape index (κ2) is 5.87. The predicted octanol–water partition coefficient (Wildman–Crippen LogP) is 0.502. The molecule has 4 nitrogen and oxygen atoms in total. The maximum atomic E-state index is 10.7. The van der Waals surface area contributed by atoms with Gasteiger partial charge < -0.3 is 15.7 Å². The van der Waals surface area contributed by atoms with Crippen molar-refractivity contribution in [1.29, 1.82) is 0 Å². The minimum absolute atomic E-state index is 0.403. The Balaban J connectivity index is 2.00. The van der Waals surface area contributed by atoms with Crippen LogP contribution < -0.4 is 5.73 Å². The summed E-state index contributed by atoms with van der Waals surface area (Å²) < 4.78 is 0. The summed E-state index contributed by atoms with van der Waals surface area (Å²) in [5.74, 6) is 0.445. The molecule has 2 atom stereocenters. The molecule has 2 fully saturated rings. The van der Waals surface area contributed by atoms with E-state index < -0.39 is 5.60 Å². The molecule has 0 aromatic heterocycles. The van der Waals surface area contributed by atoms with E-state index >= 15 is 0 Å². The van der Waals surface area contributed by atoms with Gasteiger partial charge in [-0.2, -0.15) is 0 Å². The summed E-state index contributed by atoms with van der Waals surface area (Å²) in [5, 5.41) is 10.7. The Labute approximate surface area is 111 Å². The molecule has 0 amide bonds. The molecule has 0 radical (unpaired) electrons. The first-order valence-corrected chi connectivity index (χ1v) is 7.44. The van der Waals surface area contributed by atoms with Crippen LogP contribution in [0.4, 0.5) is 0 Å². The third kappa shape index (κ3) is 3.23. The Bertz CT molecular complexity index is 270. The smallest absolute Gasteiger partial charge is 0.0923 e. The highest BCUT2D eigenvalue weighted by Crippen LogP contribution is 2.40. The molecular weight excluding hydrogens is 226 g/mol. The van der Waals surface area contributed by atoms with E-state index in [-0.39, 0.29) is 0 Å². The van der Waals surface area contributed by atoms with E-state index in [0.717, 1.165) is 45.4 Å². The Kier molecular flexibility index (Phi) is 4.64. The van der Waals surface area contributed by atoms with Crippen molar-refractivity contribution in [2.24, 2.45) is 11.7 Å². The van der Waals surface area contributed by atoms with Crippen molar-refractivity contribution in [2.45, 2.75) is 44.2 Å². The SMILES string of the molecule is CCC1CN(C)CCCN1CC(O)(CN)C1CC1. The highest BCUT2D eigenvalue weighted by atomic mass is 16.3. The first kappa shape index (κ1) is 14.3. The lowest BCUT2D eigenvalue weighted by molar-refractivity contribution is -0.0192. The summed E-state index contributed by atoms with van der Waals surface area (Å²) in [4.78, 5) is 4.89. The average Bonchev–Trinajstić information content (AvgIpc) is 3.18. The van der Waals surface area contributed by atoms with Crippen molar-refractivity contribution in [3.8, 4) is 0 Å². The largest absolute Gasteiger partial charge is 0.387 e. The number of rotatable bonds is 5. The molecule has 0 aromatic rings. The minimum atomic E-state index is -0.643. The zero-order chi connectivity index (χ0) is 13.2. The van der Waals surface area contributed by atoms with E-state index in [1.807, 2.05) is 0 Å². The minimum Gasteiger partial charge on any atom is -0.387 e. The number of β-amino-alcohol motifs (C(OH)–C–C–N with tert-alkyl or cyclic N) is 1. The van der Waals surface area contributed by atoms with Crippen LogP contribution in [0.5, 0.6) is 0 Å². The summed E-state index contributed by atoms with van der Waals surface area (Å²) in [6, 6.07) is 0.564. The molecule has 18 heavy (non-hydrogen) atoms. The molecule has 2 rings (SSSR count). The van der Waals surface area contributed by atoms with E-state index in [0.29, 0.717) is 18.5 Å². The molecule has 1 heterocycles. The molecule has 106 valence electrons. The molecule has 0 spiro atoms. The van der Waals surface area contributed by atoms with Gasteiger partial charge in [0.2, 0.25) is 0 Å².